The maximum atomic E-state index is 13.3. The first-order valence-electron chi connectivity index (χ1n) is 10.2. The zero-order valence-electron chi connectivity index (χ0n) is 19.1. The van der Waals surface area contributed by atoms with Crippen molar-refractivity contribution in [1.29, 1.82) is 0 Å². The number of hydrogen-bond acceptors (Lipinski definition) is 7. The summed E-state index contributed by atoms with van der Waals surface area (Å²) in [4.78, 5) is 13.3. The molecule has 0 spiro atoms. The normalized spacial score (nSPS) is 14.0. The van der Waals surface area contributed by atoms with Crippen LogP contribution in [0.5, 0.6) is 17.2 Å². The lowest BCUT2D eigenvalue weighted by molar-refractivity contribution is 0.102. The molecular formula is C23H25N3O6S. The highest BCUT2D eigenvalue weighted by atomic mass is 32.2. The van der Waals surface area contributed by atoms with Crippen LogP contribution in [0.4, 0.5) is 5.82 Å². The van der Waals surface area contributed by atoms with Gasteiger partial charge in [0.05, 0.1) is 44.2 Å². The van der Waals surface area contributed by atoms with Crippen molar-refractivity contribution < 1.29 is 27.4 Å². The lowest BCUT2D eigenvalue weighted by atomic mass is 10.1. The molecule has 1 aromatic heterocycles. The molecule has 174 valence electrons. The minimum absolute atomic E-state index is 0.159. The van der Waals surface area contributed by atoms with Crippen LogP contribution < -0.4 is 19.5 Å². The summed E-state index contributed by atoms with van der Waals surface area (Å²) in [6.07, 6.45) is 0. The fourth-order valence-electron chi connectivity index (χ4n) is 3.90. The van der Waals surface area contributed by atoms with E-state index in [9.17, 15) is 13.2 Å². The van der Waals surface area contributed by atoms with Crippen LogP contribution in [0, 0.1) is 13.8 Å². The van der Waals surface area contributed by atoms with Gasteiger partial charge in [0, 0.05) is 11.1 Å². The number of rotatable bonds is 6. The Morgan fingerprint density at radius 2 is 1.70 bits per heavy atom. The number of sulfone groups is 1. The summed E-state index contributed by atoms with van der Waals surface area (Å²) in [5.41, 5.74) is 3.99. The van der Waals surface area contributed by atoms with Crippen molar-refractivity contribution in [3.05, 3.63) is 58.3 Å². The van der Waals surface area contributed by atoms with Crippen molar-refractivity contribution in [2.24, 2.45) is 0 Å². The van der Waals surface area contributed by atoms with Crippen LogP contribution in [-0.2, 0) is 21.3 Å². The van der Waals surface area contributed by atoms with Crippen LogP contribution in [0.25, 0.3) is 5.69 Å². The Morgan fingerprint density at radius 1 is 1.03 bits per heavy atom. The number of hydrogen-bond donors (Lipinski definition) is 1. The number of fused-ring (bicyclic) bond motifs is 1. The van der Waals surface area contributed by atoms with Crippen molar-refractivity contribution in [3.63, 3.8) is 0 Å². The van der Waals surface area contributed by atoms with Gasteiger partial charge >= 0.3 is 0 Å². The molecule has 0 unspecified atom stereocenters. The molecule has 1 aliphatic heterocycles. The average Bonchev–Trinajstić information content (AvgIpc) is 3.26. The monoisotopic (exact) mass is 471 g/mol. The highest BCUT2D eigenvalue weighted by Crippen LogP contribution is 2.39. The fourth-order valence-corrected chi connectivity index (χ4v) is 5.40. The molecule has 2 heterocycles. The zero-order chi connectivity index (χ0) is 23.9. The van der Waals surface area contributed by atoms with Crippen molar-refractivity contribution in [2.75, 3.05) is 26.6 Å². The lowest BCUT2D eigenvalue weighted by Gasteiger charge is -2.16. The van der Waals surface area contributed by atoms with E-state index in [4.69, 9.17) is 14.2 Å². The number of benzene rings is 2. The van der Waals surface area contributed by atoms with Crippen LogP contribution in [0.15, 0.2) is 30.3 Å². The predicted octanol–water partition coefficient (Wildman–Crippen LogP) is 3.20. The van der Waals surface area contributed by atoms with E-state index in [2.05, 4.69) is 10.4 Å². The molecule has 0 atom stereocenters. The van der Waals surface area contributed by atoms with E-state index >= 15 is 0 Å². The number of ether oxygens (including phenoxy) is 3. The number of carbonyl (C=O) groups excluding carboxylic acids is 1. The molecular weight excluding hydrogens is 446 g/mol. The van der Waals surface area contributed by atoms with Gasteiger partial charge in [-0.1, -0.05) is 12.1 Å². The number of carbonyl (C=O) groups is 1. The van der Waals surface area contributed by atoms with E-state index in [0.717, 1.165) is 16.8 Å². The first-order valence-corrected chi connectivity index (χ1v) is 12.0. The number of aromatic nitrogens is 2. The quantitative estimate of drug-likeness (QED) is 0.588. The topological polar surface area (TPSA) is 109 Å². The van der Waals surface area contributed by atoms with E-state index < -0.39 is 15.7 Å². The van der Waals surface area contributed by atoms with Gasteiger partial charge in [-0.25, -0.2) is 13.1 Å². The molecule has 1 amide bonds. The molecule has 0 bridgehead atoms. The average molecular weight is 472 g/mol. The second-order valence-electron chi connectivity index (χ2n) is 7.81. The summed E-state index contributed by atoms with van der Waals surface area (Å²) in [5.74, 6) is 0.552. The minimum Gasteiger partial charge on any atom is -0.493 e. The Bertz CT molecular complexity index is 1340. The molecule has 0 saturated carbocycles. The van der Waals surface area contributed by atoms with Gasteiger partial charge in [-0.05, 0) is 43.2 Å². The van der Waals surface area contributed by atoms with Crippen molar-refractivity contribution in [2.45, 2.75) is 25.4 Å². The first kappa shape index (κ1) is 22.7. The summed E-state index contributed by atoms with van der Waals surface area (Å²) in [6, 6.07) is 8.83. The zero-order valence-corrected chi connectivity index (χ0v) is 19.9. The van der Waals surface area contributed by atoms with Crippen LogP contribution >= 0.6 is 0 Å². The third kappa shape index (κ3) is 4.02. The second kappa shape index (κ2) is 8.43. The minimum atomic E-state index is -3.32. The van der Waals surface area contributed by atoms with Gasteiger partial charge in [-0.15, -0.1) is 0 Å². The van der Waals surface area contributed by atoms with Gasteiger partial charge in [-0.2, -0.15) is 5.10 Å². The van der Waals surface area contributed by atoms with Crippen LogP contribution in [0.2, 0.25) is 0 Å². The molecule has 9 nitrogen and oxygen atoms in total. The second-order valence-corrected chi connectivity index (χ2v) is 9.87. The smallest absolute Gasteiger partial charge is 0.257 e. The number of methoxy groups -OCH3 is 3. The van der Waals surface area contributed by atoms with Gasteiger partial charge in [-0.3, -0.25) is 4.79 Å². The van der Waals surface area contributed by atoms with Gasteiger partial charge in [0.15, 0.2) is 21.3 Å². The maximum absolute atomic E-state index is 13.3. The number of nitrogens with zero attached hydrogens (tertiary/aromatic N) is 2. The fraction of sp³-hybridized carbons (Fsp3) is 0.304. The van der Waals surface area contributed by atoms with Crippen molar-refractivity contribution in [3.8, 4) is 22.9 Å². The maximum Gasteiger partial charge on any atom is 0.257 e. The Balaban J connectivity index is 1.82. The molecule has 33 heavy (non-hydrogen) atoms. The summed E-state index contributed by atoms with van der Waals surface area (Å²) < 4.78 is 42.1. The highest BCUT2D eigenvalue weighted by Gasteiger charge is 2.34. The molecule has 0 aliphatic carbocycles. The molecule has 0 radical (unpaired) electrons. The number of nitrogens with one attached hydrogen (secondary N) is 1. The third-order valence-electron chi connectivity index (χ3n) is 5.75. The van der Waals surface area contributed by atoms with Crippen molar-refractivity contribution >= 4 is 21.6 Å². The van der Waals surface area contributed by atoms with Gasteiger partial charge in [0.25, 0.3) is 5.91 Å². The predicted molar refractivity (Wildman–Crippen MR) is 123 cm³/mol. The molecule has 2 aromatic carbocycles. The van der Waals surface area contributed by atoms with E-state index in [-0.39, 0.29) is 17.1 Å². The summed E-state index contributed by atoms with van der Waals surface area (Å²) in [5, 5.41) is 7.43. The van der Waals surface area contributed by atoms with E-state index in [1.807, 2.05) is 32.0 Å². The Morgan fingerprint density at radius 3 is 2.30 bits per heavy atom. The molecule has 1 aliphatic rings. The van der Waals surface area contributed by atoms with Gasteiger partial charge in [0.2, 0.25) is 5.75 Å². The Hall–Kier alpha value is -3.53. The molecule has 10 heteroatoms. The van der Waals surface area contributed by atoms with Crippen LogP contribution in [-0.4, -0.2) is 45.4 Å². The van der Waals surface area contributed by atoms with Crippen LogP contribution in [0.1, 0.15) is 32.7 Å². The lowest BCUT2D eigenvalue weighted by Crippen LogP contribution is -2.18. The number of anilines is 1. The molecule has 3 aromatic rings. The first-order chi connectivity index (χ1) is 15.7. The van der Waals surface area contributed by atoms with Crippen LogP contribution in [0.3, 0.4) is 0 Å². The summed E-state index contributed by atoms with van der Waals surface area (Å²) >= 11 is 0. The van der Waals surface area contributed by atoms with E-state index in [1.54, 1.807) is 4.68 Å². The van der Waals surface area contributed by atoms with E-state index in [1.165, 1.54) is 33.5 Å². The summed E-state index contributed by atoms with van der Waals surface area (Å²) in [6.45, 7) is 3.94. The van der Waals surface area contributed by atoms with Gasteiger partial charge < -0.3 is 19.5 Å². The standard InChI is InChI=1S/C23H25N3O6S/c1-13-7-6-8-18(14(13)2)26-22(16-11-33(28,29)12-17(16)25-26)24-23(27)15-9-19(30-3)21(32-5)20(10-15)31-4/h6-10H,11-12H2,1-5H3,(H,24,27). The largest absolute Gasteiger partial charge is 0.493 e. The van der Waals surface area contributed by atoms with Gasteiger partial charge in [0.1, 0.15) is 5.82 Å². The molecule has 1 N–H and O–H groups in total. The Kier molecular flexibility index (Phi) is 5.79. The Labute approximate surface area is 192 Å². The molecule has 0 fully saturated rings. The van der Waals surface area contributed by atoms with E-state index in [0.29, 0.717) is 34.3 Å². The third-order valence-corrected chi connectivity index (χ3v) is 7.19. The SMILES string of the molecule is COc1cc(C(=O)Nc2c3c(nn2-c2cccc(C)c2C)CS(=O)(=O)C3)cc(OC)c1OC. The summed E-state index contributed by atoms with van der Waals surface area (Å²) in [7, 11) is 1.09. The number of aryl methyl sites for hydroxylation is 1. The molecule has 4 rings (SSSR count). The number of amides is 1. The highest BCUT2D eigenvalue weighted by molar-refractivity contribution is 7.90. The molecule has 0 saturated heterocycles. The van der Waals surface area contributed by atoms with Crippen molar-refractivity contribution in [1.82, 2.24) is 9.78 Å².